The highest BCUT2D eigenvalue weighted by Crippen LogP contribution is 2.45. The molecule has 1 unspecified atom stereocenters. The van der Waals surface area contributed by atoms with E-state index in [4.69, 9.17) is 0 Å². The number of nitrogens with zero attached hydrogens (tertiary/aromatic N) is 1. The first-order valence-corrected chi connectivity index (χ1v) is 6.18. The van der Waals surface area contributed by atoms with Crippen LogP contribution in [0.15, 0.2) is 29.8 Å². The third kappa shape index (κ3) is 1.60. The molecule has 1 aromatic rings. The Bertz CT molecular complexity index is 415. The highest BCUT2D eigenvalue weighted by molar-refractivity contribution is 5.77. The standard InChI is InChI=1S/C15H21N/c1-5-11-12(6-2)15(16(3)4)14-10-8-7-9-13(11)14/h7-10,15H,5-6H2,1-4H3. The molecule has 0 N–H and O–H groups in total. The number of hydrogen-bond donors (Lipinski definition) is 0. The fourth-order valence-electron chi connectivity index (χ4n) is 2.95. The molecule has 0 aromatic heterocycles. The smallest absolute Gasteiger partial charge is 0.0568 e. The number of benzene rings is 1. The second kappa shape index (κ2) is 4.42. The summed E-state index contributed by atoms with van der Waals surface area (Å²) < 4.78 is 0. The van der Waals surface area contributed by atoms with Crippen molar-refractivity contribution in [2.75, 3.05) is 14.1 Å². The fourth-order valence-corrected chi connectivity index (χ4v) is 2.95. The number of hydrogen-bond acceptors (Lipinski definition) is 1. The van der Waals surface area contributed by atoms with Crippen LogP contribution in [0.4, 0.5) is 0 Å². The molecule has 0 radical (unpaired) electrons. The summed E-state index contributed by atoms with van der Waals surface area (Å²) >= 11 is 0. The number of likely N-dealkylation sites (N-methyl/N-ethyl adjacent to an activating group) is 1. The molecule has 0 saturated carbocycles. The summed E-state index contributed by atoms with van der Waals surface area (Å²) in [6, 6.07) is 9.35. The van der Waals surface area contributed by atoms with Crippen LogP contribution in [0.2, 0.25) is 0 Å². The van der Waals surface area contributed by atoms with Crippen molar-refractivity contribution < 1.29 is 0 Å². The molecule has 16 heavy (non-hydrogen) atoms. The van der Waals surface area contributed by atoms with Gasteiger partial charge in [-0.05, 0) is 49.2 Å². The van der Waals surface area contributed by atoms with Crippen molar-refractivity contribution in [3.05, 3.63) is 41.0 Å². The highest BCUT2D eigenvalue weighted by Gasteiger charge is 2.29. The molecule has 0 heterocycles. The van der Waals surface area contributed by atoms with E-state index in [9.17, 15) is 0 Å². The van der Waals surface area contributed by atoms with Gasteiger partial charge in [0.05, 0.1) is 6.04 Å². The van der Waals surface area contributed by atoms with Gasteiger partial charge in [-0.15, -0.1) is 0 Å². The van der Waals surface area contributed by atoms with E-state index >= 15 is 0 Å². The summed E-state index contributed by atoms with van der Waals surface area (Å²) in [5, 5.41) is 0. The molecule has 1 aromatic carbocycles. The van der Waals surface area contributed by atoms with E-state index in [0.29, 0.717) is 6.04 Å². The Morgan fingerprint density at radius 1 is 1.06 bits per heavy atom. The lowest BCUT2D eigenvalue weighted by Crippen LogP contribution is -2.19. The summed E-state index contributed by atoms with van der Waals surface area (Å²) in [6.45, 7) is 4.53. The van der Waals surface area contributed by atoms with Crippen LogP contribution in [0.3, 0.4) is 0 Å². The SMILES string of the molecule is CCC1=C(CC)C(N(C)C)c2ccccc21. The zero-order valence-corrected chi connectivity index (χ0v) is 10.7. The van der Waals surface area contributed by atoms with E-state index in [0.717, 1.165) is 12.8 Å². The highest BCUT2D eigenvalue weighted by atomic mass is 15.1. The molecule has 1 aliphatic carbocycles. The van der Waals surface area contributed by atoms with E-state index in [-0.39, 0.29) is 0 Å². The van der Waals surface area contributed by atoms with Crippen molar-refractivity contribution in [3.8, 4) is 0 Å². The van der Waals surface area contributed by atoms with Gasteiger partial charge in [-0.25, -0.2) is 0 Å². The minimum absolute atomic E-state index is 0.496. The number of rotatable bonds is 3. The first kappa shape index (κ1) is 11.4. The van der Waals surface area contributed by atoms with Gasteiger partial charge in [-0.1, -0.05) is 38.1 Å². The van der Waals surface area contributed by atoms with Crippen LogP contribution in [0, 0.1) is 0 Å². The molecule has 0 fully saturated rings. The van der Waals surface area contributed by atoms with Gasteiger partial charge in [-0.3, -0.25) is 4.90 Å². The molecule has 0 saturated heterocycles. The molecule has 0 amide bonds. The summed E-state index contributed by atoms with van der Waals surface area (Å²) in [6.07, 6.45) is 2.30. The molecule has 0 bridgehead atoms. The van der Waals surface area contributed by atoms with E-state index in [2.05, 4.69) is 57.1 Å². The van der Waals surface area contributed by atoms with Crippen molar-refractivity contribution in [2.24, 2.45) is 0 Å². The molecule has 1 nitrogen and oxygen atoms in total. The molecule has 1 atom stereocenters. The third-order valence-electron chi connectivity index (χ3n) is 3.55. The second-order valence-electron chi connectivity index (χ2n) is 4.66. The summed E-state index contributed by atoms with van der Waals surface area (Å²) in [7, 11) is 4.35. The predicted molar refractivity (Wildman–Crippen MR) is 70.4 cm³/mol. The Morgan fingerprint density at radius 2 is 1.75 bits per heavy atom. The van der Waals surface area contributed by atoms with E-state index in [1.54, 1.807) is 11.1 Å². The zero-order valence-electron chi connectivity index (χ0n) is 10.7. The van der Waals surface area contributed by atoms with Crippen LogP contribution >= 0.6 is 0 Å². The van der Waals surface area contributed by atoms with Crippen molar-refractivity contribution in [2.45, 2.75) is 32.7 Å². The first-order chi connectivity index (χ1) is 7.70. The Morgan fingerprint density at radius 3 is 2.31 bits per heavy atom. The topological polar surface area (TPSA) is 3.24 Å². The Kier molecular flexibility index (Phi) is 3.15. The summed E-state index contributed by atoms with van der Waals surface area (Å²) in [5.74, 6) is 0. The lowest BCUT2D eigenvalue weighted by atomic mass is 10.0. The molecular formula is C15H21N. The maximum Gasteiger partial charge on any atom is 0.0568 e. The van der Waals surface area contributed by atoms with Crippen molar-refractivity contribution in [1.29, 1.82) is 0 Å². The Hall–Kier alpha value is -1.08. The summed E-state index contributed by atoms with van der Waals surface area (Å²) in [5.41, 5.74) is 6.13. The quantitative estimate of drug-likeness (QED) is 0.739. The van der Waals surface area contributed by atoms with Gasteiger partial charge in [0.15, 0.2) is 0 Å². The van der Waals surface area contributed by atoms with Gasteiger partial charge in [0, 0.05) is 0 Å². The van der Waals surface area contributed by atoms with Crippen molar-refractivity contribution in [3.63, 3.8) is 0 Å². The normalized spacial score (nSPS) is 19.4. The molecule has 0 spiro atoms. The fraction of sp³-hybridized carbons (Fsp3) is 0.467. The monoisotopic (exact) mass is 215 g/mol. The average Bonchev–Trinajstić information content (AvgIpc) is 2.62. The minimum atomic E-state index is 0.496. The zero-order chi connectivity index (χ0) is 11.7. The van der Waals surface area contributed by atoms with Crippen molar-refractivity contribution in [1.82, 2.24) is 4.90 Å². The Labute approximate surface area is 98.8 Å². The van der Waals surface area contributed by atoms with Gasteiger partial charge in [0.25, 0.3) is 0 Å². The lowest BCUT2D eigenvalue weighted by molar-refractivity contribution is 0.337. The minimum Gasteiger partial charge on any atom is -0.299 e. The van der Waals surface area contributed by atoms with Gasteiger partial charge in [0.1, 0.15) is 0 Å². The molecule has 86 valence electrons. The van der Waals surface area contributed by atoms with E-state index in [1.165, 1.54) is 11.1 Å². The van der Waals surface area contributed by atoms with E-state index in [1.807, 2.05) is 0 Å². The van der Waals surface area contributed by atoms with Crippen molar-refractivity contribution >= 4 is 5.57 Å². The molecule has 2 rings (SSSR count). The average molecular weight is 215 g/mol. The number of fused-ring (bicyclic) bond motifs is 1. The maximum absolute atomic E-state index is 2.33. The van der Waals surface area contributed by atoms with Crippen LogP contribution in [-0.4, -0.2) is 19.0 Å². The van der Waals surface area contributed by atoms with Crippen LogP contribution < -0.4 is 0 Å². The first-order valence-electron chi connectivity index (χ1n) is 6.18. The molecular weight excluding hydrogens is 194 g/mol. The van der Waals surface area contributed by atoms with Gasteiger partial charge >= 0.3 is 0 Å². The maximum atomic E-state index is 2.33. The molecule has 1 aliphatic rings. The van der Waals surface area contributed by atoms with Gasteiger partial charge < -0.3 is 0 Å². The van der Waals surface area contributed by atoms with Crippen LogP contribution in [0.1, 0.15) is 43.9 Å². The molecule has 0 aliphatic heterocycles. The molecule has 1 heteroatoms. The second-order valence-corrected chi connectivity index (χ2v) is 4.66. The van der Waals surface area contributed by atoms with E-state index < -0.39 is 0 Å². The van der Waals surface area contributed by atoms with Gasteiger partial charge in [0.2, 0.25) is 0 Å². The number of allylic oxidation sites excluding steroid dienone is 1. The van der Waals surface area contributed by atoms with Gasteiger partial charge in [-0.2, -0.15) is 0 Å². The predicted octanol–water partition coefficient (Wildman–Crippen LogP) is 3.88. The Balaban J connectivity index is 2.58. The van der Waals surface area contributed by atoms with Crippen LogP contribution in [-0.2, 0) is 0 Å². The third-order valence-corrected chi connectivity index (χ3v) is 3.55. The van der Waals surface area contributed by atoms with Crippen LogP contribution in [0.25, 0.3) is 5.57 Å². The summed E-state index contributed by atoms with van der Waals surface area (Å²) in [4.78, 5) is 2.33. The van der Waals surface area contributed by atoms with Crippen LogP contribution in [0.5, 0.6) is 0 Å². The lowest BCUT2D eigenvalue weighted by Gasteiger charge is -2.23. The largest absolute Gasteiger partial charge is 0.299 e.